The summed E-state index contributed by atoms with van der Waals surface area (Å²) in [6.45, 7) is 20.0. The molecule has 1 saturated heterocycles. The lowest BCUT2D eigenvalue weighted by Gasteiger charge is -2.42. The molecule has 4 nitrogen and oxygen atoms in total. The van der Waals surface area contributed by atoms with Gasteiger partial charge in [0.05, 0.1) is 0 Å². The first-order chi connectivity index (χ1) is 23.0. The van der Waals surface area contributed by atoms with Gasteiger partial charge < -0.3 is 14.1 Å². The van der Waals surface area contributed by atoms with Crippen molar-refractivity contribution in [2.45, 2.75) is 128 Å². The largest absolute Gasteiger partial charge is 0.543 e. The van der Waals surface area contributed by atoms with Crippen molar-refractivity contribution in [1.29, 1.82) is 0 Å². The first-order valence-electron chi connectivity index (χ1n) is 18.1. The van der Waals surface area contributed by atoms with Gasteiger partial charge in [0.25, 0.3) is 8.32 Å². The monoisotopic (exact) mass is 693 g/mol. The summed E-state index contributed by atoms with van der Waals surface area (Å²) in [5, 5.41) is 0. The molecule has 5 rings (SSSR count). The summed E-state index contributed by atoms with van der Waals surface area (Å²) < 4.78 is 59.4. The third-order valence-electron chi connectivity index (χ3n) is 10.9. The van der Waals surface area contributed by atoms with Crippen molar-refractivity contribution in [2.75, 3.05) is 13.1 Å². The van der Waals surface area contributed by atoms with E-state index in [4.69, 9.17) is 9.16 Å². The second-order valence-electron chi connectivity index (χ2n) is 16.1. The number of piperidine rings is 1. The van der Waals surface area contributed by atoms with Crippen LogP contribution in [0.1, 0.15) is 127 Å². The number of hydrogen-bond acceptors (Lipinski definition) is 3. The molecule has 0 spiro atoms. The Balaban J connectivity index is 1.49. The Hall–Kier alpha value is -3.26. The summed E-state index contributed by atoms with van der Waals surface area (Å²) >= 11 is 0. The molecule has 0 saturated carbocycles. The maximum atomic E-state index is 16.5. The first-order valence-corrected chi connectivity index (χ1v) is 20.2. The molecule has 1 fully saturated rings. The van der Waals surface area contributed by atoms with E-state index in [1.165, 1.54) is 24.3 Å². The van der Waals surface area contributed by atoms with Gasteiger partial charge in [-0.2, -0.15) is 0 Å². The van der Waals surface area contributed by atoms with Crippen LogP contribution in [0.5, 0.6) is 5.75 Å². The molecule has 1 aliphatic carbocycles. The smallest absolute Gasteiger partial charge is 0.410 e. The molecule has 1 aliphatic heterocycles. The predicted octanol–water partition coefficient (Wildman–Crippen LogP) is 11.6. The lowest BCUT2D eigenvalue weighted by atomic mass is 9.68. The highest BCUT2D eigenvalue weighted by Gasteiger charge is 2.47. The number of amides is 1. The van der Waals surface area contributed by atoms with Crippen molar-refractivity contribution in [3.63, 3.8) is 0 Å². The van der Waals surface area contributed by atoms with Gasteiger partial charge in [0, 0.05) is 24.6 Å². The van der Waals surface area contributed by atoms with Gasteiger partial charge >= 0.3 is 6.09 Å². The lowest BCUT2D eigenvalue weighted by molar-refractivity contribution is 0.0204. The first kappa shape index (κ1) is 37.0. The van der Waals surface area contributed by atoms with Crippen LogP contribution < -0.4 is 4.43 Å². The van der Waals surface area contributed by atoms with Crippen molar-refractivity contribution in [2.24, 2.45) is 0 Å². The number of fused-ring (bicyclic) bond motifs is 1. The van der Waals surface area contributed by atoms with Gasteiger partial charge in [-0.25, -0.2) is 18.0 Å². The summed E-state index contributed by atoms with van der Waals surface area (Å²) in [6.07, 6.45) is 2.22. The molecule has 0 N–H and O–H groups in total. The standard InChI is InChI=1S/C41H54F3NO3Si/c1-25(2)49(26(3)4,27(5)6)48-33-15-17-35-30(22-33)12-16-34(29-10-13-32(42)14-11-29)38(35)39-36(43)23-31(24-37(39)44)28-18-20-45(21-19-28)40(46)47-41(7,8)9/h10-11,13-15,17,22-28,34,38H,12,16,18-21H2,1-9H3/t34-,38+/m1/s1. The van der Waals surface area contributed by atoms with E-state index in [0.717, 1.165) is 28.9 Å². The van der Waals surface area contributed by atoms with E-state index in [-0.39, 0.29) is 29.3 Å². The van der Waals surface area contributed by atoms with Crippen LogP contribution in [0.4, 0.5) is 18.0 Å². The number of likely N-dealkylation sites (tertiary alicyclic amines) is 1. The Morgan fingerprint density at radius 2 is 1.37 bits per heavy atom. The van der Waals surface area contributed by atoms with Gasteiger partial charge in [0.15, 0.2) is 0 Å². The summed E-state index contributed by atoms with van der Waals surface area (Å²) in [7, 11) is -2.21. The van der Waals surface area contributed by atoms with Crippen molar-refractivity contribution >= 4 is 14.4 Å². The highest BCUT2D eigenvalue weighted by Crippen LogP contribution is 2.50. The minimum atomic E-state index is -2.21. The number of halogens is 3. The fraction of sp³-hybridized carbons (Fsp3) is 0.537. The molecule has 1 amide bonds. The van der Waals surface area contributed by atoms with Gasteiger partial charge in [0.1, 0.15) is 28.8 Å². The maximum absolute atomic E-state index is 16.5. The molecule has 0 radical (unpaired) electrons. The summed E-state index contributed by atoms with van der Waals surface area (Å²) in [4.78, 5) is 14.3. The zero-order chi connectivity index (χ0) is 35.8. The van der Waals surface area contributed by atoms with E-state index in [1.807, 2.05) is 32.9 Å². The van der Waals surface area contributed by atoms with Crippen LogP contribution in [-0.4, -0.2) is 38.0 Å². The van der Waals surface area contributed by atoms with Crippen molar-refractivity contribution < 1.29 is 27.1 Å². The van der Waals surface area contributed by atoms with Gasteiger partial charge in [-0.05, 0) is 134 Å². The fourth-order valence-electron chi connectivity index (χ4n) is 8.70. The zero-order valence-electron chi connectivity index (χ0n) is 30.7. The summed E-state index contributed by atoms with van der Waals surface area (Å²) in [5.74, 6) is -1.55. The number of carbonyl (C=O) groups excluding carboxylic acids is 1. The van der Waals surface area contributed by atoms with E-state index in [9.17, 15) is 9.18 Å². The molecular formula is C41H54F3NO3Si. The second-order valence-corrected chi connectivity index (χ2v) is 21.5. The number of benzene rings is 3. The highest BCUT2D eigenvalue weighted by molar-refractivity contribution is 6.78. The Kier molecular flexibility index (Phi) is 11.0. The second kappa shape index (κ2) is 14.5. The van der Waals surface area contributed by atoms with Crippen LogP contribution in [0.2, 0.25) is 16.6 Å². The van der Waals surface area contributed by atoms with E-state index in [0.29, 0.717) is 54.5 Å². The van der Waals surface area contributed by atoms with Crippen LogP contribution in [0, 0.1) is 17.5 Å². The number of ether oxygens (including phenoxy) is 1. The predicted molar refractivity (Wildman–Crippen MR) is 194 cm³/mol. The Morgan fingerprint density at radius 1 is 0.796 bits per heavy atom. The van der Waals surface area contributed by atoms with E-state index < -0.39 is 31.5 Å². The molecule has 2 aliphatic rings. The van der Waals surface area contributed by atoms with Gasteiger partial charge in [-0.15, -0.1) is 0 Å². The van der Waals surface area contributed by atoms with Crippen LogP contribution >= 0.6 is 0 Å². The number of hydrogen-bond donors (Lipinski definition) is 0. The summed E-state index contributed by atoms with van der Waals surface area (Å²) in [6, 6.07) is 15.4. The van der Waals surface area contributed by atoms with Gasteiger partial charge in [-0.1, -0.05) is 59.7 Å². The van der Waals surface area contributed by atoms with Crippen molar-refractivity contribution in [3.8, 4) is 5.75 Å². The number of rotatable bonds is 8. The van der Waals surface area contributed by atoms with Crippen LogP contribution in [0.15, 0.2) is 54.6 Å². The molecule has 2 atom stereocenters. The average Bonchev–Trinajstić information content (AvgIpc) is 3.02. The molecule has 49 heavy (non-hydrogen) atoms. The molecule has 266 valence electrons. The zero-order valence-corrected chi connectivity index (χ0v) is 31.7. The minimum absolute atomic E-state index is 0.0501. The Bertz CT molecular complexity index is 1580. The summed E-state index contributed by atoms with van der Waals surface area (Å²) in [5.41, 5.74) is 4.08. The SMILES string of the molecule is CC(C)[Si](Oc1ccc2c(c1)CC[C@H](c1ccc(F)cc1)[C@@H]2c1c(F)cc(C2CCN(C(=O)OC(C)(C)C)CC2)cc1F)(C(C)C)C(C)C. The van der Waals surface area contributed by atoms with Crippen LogP contribution in [0.3, 0.4) is 0 Å². The minimum Gasteiger partial charge on any atom is -0.543 e. The Labute approximate surface area is 292 Å². The number of nitrogens with zero attached hydrogens (tertiary/aromatic N) is 1. The van der Waals surface area contributed by atoms with E-state index >= 15 is 8.78 Å². The van der Waals surface area contributed by atoms with Crippen LogP contribution in [-0.2, 0) is 11.2 Å². The molecule has 1 heterocycles. The number of aryl methyl sites for hydroxylation is 1. The van der Waals surface area contributed by atoms with Gasteiger partial charge in [-0.3, -0.25) is 0 Å². The van der Waals surface area contributed by atoms with Gasteiger partial charge in [0.2, 0.25) is 0 Å². The van der Waals surface area contributed by atoms with Crippen molar-refractivity contribution in [3.05, 3.63) is 99.9 Å². The highest BCUT2D eigenvalue weighted by atomic mass is 28.4. The van der Waals surface area contributed by atoms with E-state index in [1.54, 1.807) is 17.0 Å². The quantitative estimate of drug-likeness (QED) is 0.220. The number of carbonyl (C=O) groups is 1. The normalized spacial score (nSPS) is 19.0. The Morgan fingerprint density at radius 3 is 1.90 bits per heavy atom. The molecule has 0 unspecified atom stereocenters. The molecule has 3 aromatic rings. The van der Waals surface area contributed by atoms with Crippen molar-refractivity contribution in [1.82, 2.24) is 4.90 Å². The third kappa shape index (κ3) is 7.74. The lowest BCUT2D eigenvalue weighted by Crippen LogP contribution is -2.50. The topological polar surface area (TPSA) is 38.8 Å². The molecule has 0 bridgehead atoms. The molecule has 3 aromatic carbocycles. The molecule has 0 aromatic heterocycles. The fourth-order valence-corrected chi connectivity index (χ4v) is 13.9. The molecule has 8 heteroatoms. The average molecular weight is 694 g/mol. The molecular weight excluding hydrogens is 640 g/mol. The third-order valence-corrected chi connectivity index (χ3v) is 16.9. The van der Waals surface area contributed by atoms with E-state index in [2.05, 4.69) is 47.6 Å². The maximum Gasteiger partial charge on any atom is 0.410 e. The van der Waals surface area contributed by atoms with Crippen LogP contribution in [0.25, 0.3) is 0 Å².